The molecule has 158 valence electrons. The third kappa shape index (κ3) is 5.02. The van der Waals surface area contributed by atoms with Crippen LogP contribution in [0.2, 0.25) is 0 Å². The van der Waals surface area contributed by atoms with Crippen molar-refractivity contribution in [1.82, 2.24) is 14.8 Å². The molecular formula is C23H26F2N4O. The molecular weight excluding hydrogens is 386 g/mol. The van der Waals surface area contributed by atoms with Crippen LogP contribution in [0.1, 0.15) is 31.2 Å². The highest BCUT2D eigenvalue weighted by atomic mass is 19.1. The first-order valence-electron chi connectivity index (χ1n) is 10.4. The van der Waals surface area contributed by atoms with Crippen LogP contribution < -0.4 is 5.32 Å². The van der Waals surface area contributed by atoms with E-state index in [0.29, 0.717) is 17.4 Å². The molecule has 2 amide bonds. The van der Waals surface area contributed by atoms with Gasteiger partial charge in [-0.05, 0) is 56.0 Å². The molecule has 4 rings (SSSR count). The Morgan fingerprint density at radius 1 is 1.07 bits per heavy atom. The van der Waals surface area contributed by atoms with Gasteiger partial charge in [-0.2, -0.15) is 0 Å². The quantitative estimate of drug-likeness (QED) is 0.806. The van der Waals surface area contributed by atoms with Crippen molar-refractivity contribution in [2.24, 2.45) is 0 Å². The number of carbonyl (C=O) groups excluding carboxylic acids is 1. The van der Waals surface area contributed by atoms with E-state index in [9.17, 15) is 13.6 Å². The molecule has 0 radical (unpaired) electrons. The molecule has 1 N–H and O–H groups in total. The summed E-state index contributed by atoms with van der Waals surface area (Å²) in [4.78, 5) is 20.9. The molecule has 0 atom stereocenters. The Balaban J connectivity index is 1.26. The van der Waals surface area contributed by atoms with Crippen molar-refractivity contribution in [3.63, 3.8) is 0 Å². The number of nitrogens with one attached hydrogen (secondary N) is 1. The van der Waals surface area contributed by atoms with Crippen molar-refractivity contribution >= 4 is 17.9 Å². The molecule has 0 saturated carbocycles. The van der Waals surface area contributed by atoms with E-state index >= 15 is 0 Å². The smallest absolute Gasteiger partial charge is 0.323 e. The maximum atomic E-state index is 13.9. The first-order chi connectivity index (χ1) is 14.6. The van der Waals surface area contributed by atoms with Gasteiger partial charge in [0, 0.05) is 44.0 Å². The fraction of sp³-hybridized carbons (Fsp3) is 0.391. The fourth-order valence-electron chi connectivity index (χ4n) is 4.23. The number of halogens is 2. The summed E-state index contributed by atoms with van der Waals surface area (Å²) in [6.07, 6.45) is 7.04. The molecule has 5 nitrogen and oxygen atoms in total. The molecule has 1 aromatic heterocycles. The highest BCUT2D eigenvalue weighted by molar-refractivity contribution is 5.88. The van der Waals surface area contributed by atoms with Gasteiger partial charge < -0.3 is 4.90 Å². The summed E-state index contributed by atoms with van der Waals surface area (Å²) in [5, 5.41) is 2.84. The van der Waals surface area contributed by atoms with Gasteiger partial charge in [0.15, 0.2) is 0 Å². The Morgan fingerprint density at radius 3 is 2.53 bits per heavy atom. The van der Waals surface area contributed by atoms with Crippen LogP contribution in [0.25, 0.3) is 6.08 Å². The molecule has 0 unspecified atom stereocenters. The number of hydrogen-bond donors (Lipinski definition) is 1. The monoisotopic (exact) mass is 412 g/mol. The van der Waals surface area contributed by atoms with Gasteiger partial charge in [0.05, 0.1) is 0 Å². The van der Waals surface area contributed by atoms with Crippen molar-refractivity contribution < 1.29 is 13.6 Å². The lowest BCUT2D eigenvalue weighted by molar-refractivity contribution is 0.115. The van der Waals surface area contributed by atoms with Crippen molar-refractivity contribution in [2.45, 2.75) is 31.7 Å². The topological polar surface area (TPSA) is 48.5 Å². The van der Waals surface area contributed by atoms with E-state index in [2.05, 4.69) is 15.2 Å². The molecule has 3 heterocycles. The van der Waals surface area contributed by atoms with E-state index in [1.807, 2.05) is 17.0 Å². The number of carbonyl (C=O) groups is 1. The van der Waals surface area contributed by atoms with Crippen LogP contribution in [0.4, 0.5) is 19.4 Å². The molecule has 0 spiro atoms. The van der Waals surface area contributed by atoms with Crippen LogP contribution in [0.3, 0.4) is 0 Å². The molecule has 0 bridgehead atoms. The third-order valence-electron chi connectivity index (χ3n) is 5.93. The first-order valence-corrected chi connectivity index (χ1v) is 10.4. The summed E-state index contributed by atoms with van der Waals surface area (Å²) < 4.78 is 27.2. The Morgan fingerprint density at radius 2 is 1.83 bits per heavy atom. The number of benzene rings is 1. The minimum atomic E-state index is -0.417. The predicted molar refractivity (Wildman–Crippen MR) is 113 cm³/mol. The van der Waals surface area contributed by atoms with E-state index in [1.54, 1.807) is 18.3 Å². The highest BCUT2D eigenvalue weighted by Crippen LogP contribution is 2.26. The number of aromatic nitrogens is 1. The van der Waals surface area contributed by atoms with Crippen molar-refractivity contribution in [2.75, 3.05) is 31.5 Å². The zero-order valence-corrected chi connectivity index (χ0v) is 16.9. The lowest BCUT2D eigenvalue weighted by Crippen LogP contribution is -2.49. The molecule has 2 aromatic rings. The van der Waals surface area contributed by atoms with Crippen LogP contribution in [0, 0.1) is 11.6 Å². The fourth-order valence-corrected chi connectivity index (χ4v) is 4.23. The predicted octanol–water partition coefficient (Wildman–Crippen LogP) is 4.54. The number of rotatable bonds is 3. The summed E-state index contributed by atoms with van der Waals surface area (Å²) in [5.41, 5.74) is 1.48. The molecule has 0 aliphatic carbocycles. The minimum absolute atomic E-state index is 0.104. The number of anilines is 1. The number of urea groups is 1. The number of nitrogens with zero attached hydrogens (tertiary/aromatic N) is 3. The summed E-state index contributed by atoms with van der Waals surface area (Å²) in [6, 6.07) is 9.35. The number of likely N-dealkylation sites (tertiary alicyclic amines) is 2. The lowest BCUT2D eigenvalue weighted by atomic mass is 9.96. The highest BCUT2D eigenvalue weighted by Gasteiger charge is 2.28. The normalized spacial score (nSPS) is 18.3. The number of amides is 2. The average molecular weight is 412 g/mol. The molecule has 7 heteroatoms. The number of piperidine rings is 2. The molecule has 2 fully saturated rings. The second-order valence-corrected chi connectivity index (χ2v) is 7.87. The van der Waals surface area contributed by atoms with E-state index in [0.717, 1.165) is 63.5 Å². The van der Waals surface area contributed by atoms with Gasteiger partial charge in [-0.1, -0.05) is 17.7 Å². The van der Waals surface area contributed by atoms with Crippen molar-refractivity contribution in [1.29, 1.82) is 0 Å². The van der Waals surface area contributed by atoms with Gasteiger partial charge in [0.1, 0.15) is 17.5 Å². The lowest BCUT2D eigenvalue weighted by Gasteiger charge is -2.40. The van der Waals surface area contributed by atoms with Gasteiger partial charge in [0.2, 0.25) is 0 Å². The van der Waals surface area contributed by atoms with E-state index < -0.39 is 5.82 Å². The van der Waals surface area contributed by atoms with Gasteiger partial charge in [-0.3, -0.25) is 10.2 Å². The van der Waals surface area contributed by atoms with Crippen molar-refractivity contribution in [3.05, 3.63) is 65.4 Å². The standard InChI is InChI=1S/C23H26F2N4O/c24-19-4-5-21(25)18(16-19)15-17-6-11-28(12-7-17)20-8-13-29(14-9-20)23(30)27-22-3-1-2-10-26-22/h1-5,10,15-16,20H,6-9,11-14H2,(H,26,27,30). The summed E-state index contributed by atoms with van der Waals surface area (Å²) in [5.74, 6) is -0.239. The SMILES string of the molecule is O=C(Nc1ccccn1)N1CCC(N2CCC(=Cc3cc(F)ccc3F)CC2)CC1. The van der Waals surface area contributed by atoms with E-state index in [-0.39, 0.29) is 11.8 Å². The van der Waals surface area contributed by atoms with Crippen LogP contribution in [0.15, 0.2) is 48.2 Å². The molecule has 2 aliphatic heterocycles. The maximum Gasteiger partial charge on any atom is 0.323 e. The Hall–Kier alpha value is -2.80. The molecule has 30 heavy (non-hydrogen) atoms. The second kappa shape index (κ2) is 9.34. The number of hydrogen-bond acceptors (Lipinski definition) is 3. The van der Waals surface area contributed by atoms with Gasteiger partial charge >= 0.3 is 6.03 Å². The Labute approximate surface area is 175 Å². The van der Waals surface area contributed by atoms with E-state index in [4.69, 9.17) is 0 Å². The third-order valence-corrected chi connectivity index (χ3v) is 5.93. The summed E-state index contributed by atoms with van der Waals surface area (Å²) in [6.45, 7) is 3.26. The van der Waals surface area contributed by atoms with Gasteiger partial charge in [0.25, 0.3) is 0 Å². The number of pyridine rings is 1. The van der Waals surface area contributed by atoms with E-state index in [1.165, 1.54) is 12.1 Å². The van der Waals surface area contributed by atoms with Crippen LogP contribution >= 0.6 is 0 Å². The summed E-state index contributed by atoms with van der Waals surface area (Å²) >= 11 is 0. The second-order valence-electron chi connectivity index (χ2n) is 7.87. The average Bonchev–Trinajstić information content (AvgIpc) is 2.78. The van der Waals surface area contributed by atoms with Crippen LogP contribution in [-0.4, -0.2) is 53.0 Å². The first kappa shape index (κ1) is 20.5. The zero-order chi connectivity index (χ0) is 20.9. The molecule has 1 aromatic carbocycles. The van der Waals surface area contributed by atoms with Crippen molar-refractivity contribution in [3.8, 4) is 0 Å². The largest absolute Gasteiger partial charge is 0.324 e. The maximum absolute atomic E-state index is 13.9. The minimum Gasteiger partial charge on any atom is -0.324 e. The molecule has 2 aliphatic rings. The molecule has 2 saturated heterocycles. The van der Waals surface area contributed by atoms with Crippen LogP contribution in [0.5, 0.6) is 0 Å². The van der Waals surface area contributed by atoms with Gasteiger partial charge in [-0.15, -0.1) is 0 Å². The summed E-state index contributed by atoms with van der Waals surface area (Å²) in [7, 11) is 0. The van der Waals surface area contributed by atoms with Gasteiger partial charge in [-0.25, -0.2) is 18.6 Å². The Kier molecular flexibility index (Phi) is 6.38. The van der Waals surface area contributed by atoms with Crippen LogP contribution in [-0.2, 0) is 0 Å². The zero-order valence-electron chi connectivity index (χ0n) is 16.9. The Bertz CT molecular complexity index is 901.